The van der Waals surface area contributed by atoms with Gasteiger partial charge in [0, 0.05) is 16.7 Å². The molecule has 17 heavy (non-hydrogen) atoms. The Labute approximate surface area is 98.4 Å². The summed E-state index contributed by atoms with van der Waals surface area (Å²) < 4.78 is 5.40. The van der Waals surface area contributed by atoms with Gasteiger partial charge in [-0.3, -0.25) is 9.59 Å². The maximum Gasteiger partial charge on any atom is 0.234 e. The number of carbonyl (C=O) groups excluding carboxylic acids is 2. The number of aryl methyl sites for hydroxylation is 1. The summed E-state index contributed by atoms with van der Waals surface area (Å²) in [6, 6.07) is 3.79. The molecule has 1 aliphatic carbocycles. The lowest BCUT2D eigenvalue weighted by Crippen LogP contribution is -2.25. The van der Waals surface area contributed by atoms with Crippen LogP contribution in [0.3, 0.4) is 0 Å². The number of allylic oxidation sites excluding steroid dienone is 1. The van der Waals surface area contributed by atoms with Gasteiger partial charge < -0.3 is 4.74 Å². The quantitative estimate of drug-likeness (QED) is 0.638. The van der Waals surface area contributed by atoms with E-state index >= 15 is 0 Å². The van der Waals surface area contributed by atoms with Crippen LogP contribution >= 0.6 is 0 Å². The predicted molar refractivity (Wildman–Crippen MR) is 63.2 cm³/mol. The first-order valence-electron chi connectivity index (χ1n) is 5.38. The monoisotopic (exact) mass is 226 g/mol. The molecule has 0 spiro atoms. The van der Waals surface area contributed by atoms with Gasteiger partial charge in [-0.05, 0) is 31.1 Å². The zero-order chi connectivity index (χ0) is 12.2. The topological polar surface area (TPSA) is 43.4 Å². The van der Waals surface area contributed by atoms with Crippen LogP contribution in [0.4, 0.5) is 0 Å². The van der Waals surface area contributed by atoms with Crippen molar-refractivity contribution in [3.8, 4) is 0 Å². The highest BCUT2D eigenvalue weighted by atomic mass is 16.5. The van der Waals surface area contributed by atoms with Gasteiger partial charge >= 0.3 is 0 Å². The van der Waals surface area contributed by atoms with E-state index in [0.717, 1.165) is 16.7 Å². The summed E-state index contributed by atoms with van der Waals surface area (Å²) in [5.74, 6) is -0.381. The SMILES string of the molecule is CC1=C2OC=Cc3ccc(C)c(c32)C(=O)C1=O. The minimum atomic E-state index is -0.469. The lowest BCUT2D eigenvalue weighted by molar-refractivity contribution is -0.111. The summed E-state index contributed by atoms with van der Waals surface area (Å²) in [6.45, 7) is 3.46. The predicted octanol–water partition coefficient (Wildman–Crippen LogP) is 2.49. The Balaban J connectivity index is 2.48. The molecule has 1 aromatic carbocycles. The smallest absolute Gasteiger partial charge is 0.234 e. The standard InChI is InChI=1S/C14H10O3/c1-7-3-4-9-5-6-17-14-8(2)12(15)13(16)10(7)11(9)14/h3-6H,1-2H3. The molecule has 0 amide bonds. The van der Waals surface area contributed by atoms with Gasteiger partial charge in [0.2, 0.25) is 11.6 Å². The summed E-state index contributed by atoms with van der Waals surface area (Å²) in [5, 5.41) is 0. The highest BCUT2D eigenvalue weighted by Crippen LogP contribution is 2.37. The first-order valence-corrected chi connectivity index (χ1v) is 5.38. The first kappa shape index (κ1) is 10.0. The lowest BCUT2D eigenvalue weighted by Gasteiger charge is -2.24. The van der Waals surface area contributed by atoms with Crippen molar-refractivity contribution in [3.05, 3.63) is 46.2 Å². The third kappa shape index (κ3) is 1.16. The summed E-state index contributed by atoms with van der Waals surface area (Å²) in [7, 11) is 0. The Morgan fingerprint density at radius 3 is 2.53 bits per heavy atom. The van der Waals surface area contributed by atoms with Crippen molar-refractivity contribution in [1.82, 2.24) is 0 Å². The maximum absolute atomic E-state index is 12.0. The second-order valence-corrected chi connectivity index (χ2v) is 4.25. The van der Waals surface area contributed by atoms with Crippen LogP contribution in [0, 0.1) is 6.92 Å². The first-order chi connectivity index (χ1) is 8.11. The Morgan fingerprint density at radius 1 is 1.00 bits per heavy atom. The molecule has 3 heteroatoms. The van der Waals surface area contributed by atoms with Crippen molar-refractivity contribution in [3.63, 3.8) is 0 Å². The summed E-state index contributed by atoms with van der Waals surface area (Å²) in [6.07, 6.45) is 3.35. The van der Waals surface area contributed by atoms with E-state index in [0.29, 0.717) is 16.9 Å². The zero-order valence-corrected chi connectivity index (χ0v) is 9.53. The van der Waals surface area contributed by atoms with Gasteiger partial charge in [-0.25, -0.2) is 0 Å². The minimum absolute atomic E-state index is 0.388. The van der Waals surface area contributed by atoms with Crippen LogP contribution in [0.15, 0.2) is 24.0 Å². The van der Waals surface area contributed by atoms with E-state index in [2.05, 4.69) is 0 Å². The fraction of sp³-hybridized carbons (Fsp3) is 0.143. The Hall–Kier alpha value is -2.16. The number of ether oxygens (including phenoxy) is 1. The van der Waals surface area contributed by atoms with Crippen LogP contribution in [0.25, 0.3) is 11.8 Å². The minimum Gasteiger partial charge on any atom is -0.464 e. The van der Waals surface area contributed by atoms with E-state index in [1.807, 2.05) is 19.1 Å². The number of hydrogen-bond acceptors (Lipinski definition) is 3. The zero-order valence-electron chi connectivity index (χ0n) is 9.53. The van der Waals surface area contributed by atoms with E-state index < -0.39 is 11.6 Å². The van der Waals surface area contributed by atoms with Gasteiger partial charge in [-0.1, -0.05) is 12.1 Å². The largest absolute Gasteiger partial charge is 0.464 e. The molecule has 0 saturated heterocycles. The molecule has 0 bridgehead atoms. The van der Waals surface area contributed by atoms with Crippen LogP contribution in [0.5, 0.6) is 0 Å². The molecule has 0 radical (unpaired) electrons. The number of ketones is 2. The summed E-state index contributed by atoms with van der Waals surface area (Å²) >= 11 is 0. The van der Waals surface area contributed by atoms with Crippen molar-refractivity contribution in [2.24, 2.45) is 0 Å². The highest BCUT2D eigenvalue weighted by molar-refractivity contribution is 6.52. The van der Waals surface area contributed by atoms with E-state index in [-0.39, 0.29) is 0 Å². The third-order valence-corrected chi connectivity index (χ3v) is 3.22. The fourth-order valence-electron chi connectivity index (χ4n) is 2.30. The van der Waals surface area contributed by atoms with Gasteiger partial charge in [0.25, 0.3) is 0 Å². The molecular formula is C14H10O3. The normalized spacial score (nSPS) is 17.1. The van der Waals surface area contributed by atoms with Gasteiger partial charge in [-0.15, -0.1) is 0 Å². The average Bonchev–Trinajstić information content (AvgIpc) is 2.34. The molecule has 3 rings (SSSR count). The van der Waals surface area contributed by atoms with Gasteiger partial charge in [0.05, 0.1) is 6.26 Å². The number of hydrogen-bond donors (Lipinski definition) is 0. The van der Waals surface area contributed by atoms with E-state index in [1.165, 1.54) is 0 Å². The van der Waals surface area contributed by atoms with Crippen LogP contribution in [0.1, 0.15) is 34.0 Å². The maximum atomic E-state index is 12.0. The number of carbonyl (C=O) groups is 2. The molecule has 84 valence electrons. The highest BCUT2D eigenvalue weighted by Gasteiger charge is 2.34. The third-order valence-electron chi connectivity index (χ3n) is 3.22. The van der Waals surface area contributed by atoms with E-state index in [1.54, 1.807) is 19.3 Å². The Kier molecular flexibility index (Phi) is 1.87. The lowest BCUT2D eigenvalue weighted by atomic mass is 9.83. The van der Waals surface area contributed by atoms with Crippen molar-refractivity contribution < 1.29 is 14.3 Å². The summed E-state index contributed by atoms with van der Waals surface area (Å²) in [5.41, 5.74) is 3.36. The number of rotatable bonds is 0. The second-order valence-electron chi connectivity index (χ2n) is 4.25. The molecule has 2 aliphatic rings. The molecule has 0 N–H and O–H groups in total. The van der Waals surface area contributed by atoms with Gasteiger partial charge in [-0.2, -0.15) is 0 Å². The van der Waals surface area contributed by atoms with Crippen LogP contribution in [-0.4, -0.2) is 11.6 Å². The van der Waals surface area contributed by atoms with Gasteiger partial charge in [0.1, 0.15) is 5.76 Å². The van der Waals surface area contributed by atoms with Crippen LogP contribution < -0.4 is 0 Å². The molecular weight excluding hydrogens is 216 g/mol. The van der Waals surface area contributed by atoms with Gasteiger partial charge in [0.15, 0.2) is 0 Å². The molecule has 0 fully saturated rings. The Morgan fingerprint density at radius 2 is 1.76 bits per heavy atom. The average molecular weight is 226 g/mol. The number of benzene rings is 1. The van der Waals surface area contributed by atoms with Crippen molar-refractivity contribution in [1.29, 1.82) is 0 Å². The van der Waals surface area contributed by atoms with Crippen LogP contribution in [-0.2, 0) is 9.53 Å². The number of Topliss-reactive ketones (excluding diaryl/α,β-unsaturated/α-hetero) is 2. The molecule has 1 aromatic rings. The Bertz CT molecular complexity index is 633. The molecule has 0 unspecified atom stereocenters. The molecule has 0 atom stereocenters. The van der Waals surface area contributed by atoms with Crippen LogP contribution in [0.2, 0.25) is 0 Å². The van der Waals surface area contributed by atoms with Crippen molar-refractivity contribution in [2.45, 2.75) is 13.8 Å². The molecule has 1 aliphatic heterocycles. The van der Waals surface area contributed by atoms with Crippen molar-refractivity contribution in [2.75, 3.05) is 0 Å². The van der Waals surface area contributed by atoms with Crippen molar-refractivity contribution >= 4 is 23.4 Å². The summed E-state index contributed by atoms with van der Waals surface area (Å²) in [4.78, 5) is 23.9. The fourth-order valence-corrected chi connectivity index (χ4v) is 2.30. The second kappa shape index (κ2) is 3.17. The molecule has 1 heterocycles. The molecule has 3 nitrogen and oxygen atoms in total. The molecule has 0 aromatic heterocycles. The molecule has 0 saturated carbocycles. The van der Waals surface area contributed by atoms with E-state index in [9.17, 15) is 9.59 Å². The van der Waals surface area contributed by atoms with E-state index in [4.69, 9.17) is 4.74 Å².